The Morgan fingerprint density at radius 2 is 1.96 bits per heavy atom. The Balaban J connectivity index is 1.94. The van der Waals surface area contributed by atoms with Crippen molar-refractivity contribution in [1.82, 2.24) is 0 Å². The predicted octanol–water partition coefficient (Wildman–Crippen LogP) is 2.96. The summed E-state index contributed by atoms with van der Waals surface area (Å²) in [6, 6.07) is 11.2. The minimum Gasteiger partial charge on any atom is -0.507 e. The van der Waals surface area contributed by atoms with Crippen LogP contribution in [0.1, 0.15) is 10.4 Å². The van der Waals surface area contributed by atoms with Gasteiger partial charge in [-0.15, -0.1) is 0 Å². The SMILES string of the molecule is COc1ccc(C(=O)OCC(=O)Nc2ccccc2Br)c(O)c1. The van der Waals surface area contributed by atoms with Crippen LogP contribution in [-0.2, 0) is 9.53 Å². The van der Waals surface area contributed by atoms with Crippen molar-refractivity contribution < 1.29 is 24.2 Å². The molecular formula is C16H14BrNO5. The molecular weight excluding hydrogens is 366 g/mol. The van der Waals surface area contributed by atoms with Crippen LogP contribution in [0.3, 0.4) is 0 Å². The number of carbonyl (C=O) groups excluding carboxylic acids is 2. The van der Waals surface area contributed by atoms with Crippen LogP contribution in [0.4, 0.5) is 5.69 Å². The smallest absolute Gasteiger partial charge is 0.342 e. The van der Waals surface area contributed by atoms with Gasteiger partial charge in [-0.1, -0.05) is 12.1 Å². The van der Waals surface area contributed by atoms with E-state index in [1.807, 2.05) is 6.07 Å². The molecule has 0 aliphatic heterocycles. The lowest BCUT2D eigenvalue weighted by molar-refractivity contribution is -0.119. The van der Waals surface area contributed by atoms with Gasteiger partial charge in [-0.3, -0.25) is 4.79 Å². The van der Waals surface area contributed by atoms with Crippen LogP contribution in [0.25, 0.3) is 0 Å². The zero-order valence-electron chi connectivity index (χ0n) is 12.2. The topological polar surface area (TPSA) is 84.9 Å². The van der Waals surface area contributed by atoms with E-state index in [9.17, 15) is 14.7 Å². The van der Waals surface area contributed by atoms with E-state index < -0.39 is 18.5 Å². The molecule has 0 unspecified atom stereocenters. The van der Waals surface area contributed by atoms with Gasteiger partial charge in [0, 0.05) is 10.5 Å². The highest BCUT2D eigenvalue weighted by Gasteiger charge is 2.15. The maximum atomic E-state index is 11.9. The number of ether oxygens (including phenoxy) is 2. The Hall–Kier alpha value is -2.54. The standard InChI is InChI=1S/C16H14BrNO5/c1-22-10-6-7-11(14(19)8-10)16(21)23-9-15(20)18-13-5-3-2-4-12(13)17/h2-8,19H,9H2,1H3,(H,18,20). The lowest BCUT2D eigenvalue weighted by atomic mass is 10.2. The van der Waals surface area contributed by atoms with Crippen LogP contribution in [0.2, 0.25) is 0 Å². The van der Waals surface area contributed by atoms with E-state index in [-0.39, 0.29) is 11.3 Å². The van der Waals surface area contributed by atoms with Gasteiger partial charge in [-0.05, 0) is 40.2 Å². The van der Waals surface area contributed by atoms with Crippen molar-refractivity contribution in [2.75, 3.05) is 19.0 Å². The highest BCUT2D eigenvalue weighted by Crippen LogP contribution is 2.24. The van der Waals surface area contributed by atoms with E-state index in [4.69, 9.17) is 9.47 Å². The molecule has 0 heterocycles. The van der Waals surface area contributed by atoms with Crippen LogP contribution < -0.4 is 10.1 Å². The number of rotatable bonds is 5. The van der Waals surface area contributed by atoms with Gasteiger partial charge in [-0.25, -0.2) is 4.79 Å². The summed E-state index contributed by atoms with van der Waals surface area (Å²) >= 11 is 3.30. The first-order chi connectivity index (χ1) is 11.0. The molecule has 2 N–H and O–H groups in total. The third kappa shape index (κ3) is 4.46. The Morgan fingerprint density at radius 1 is 1.22 bits per heavy atom. The molecule has 23 heavy (non-hydrogen) atoms. The van der Waals surface area contributed by atoms with E-state index in [0.717, 1.165) is 0 Å². The zero-order valence-corrected chi connectivity index (χ0v) is 13.8. The average Bonchev–Trinajstić information content (AvgIpc) is 2.54. The van der Waals surface area contributed by atoms with Gasteiger partial charge in [0.25, 0.3) is 5.91 Å². The van der Waals surface area contributed by atoms with Crippen molar-refractivity contribution >= 4 is 33.5 Å². The fourth-order valence-corrected chi connectivity index (χ4v) is 2.15. The van der Waals surface area contributed by atoms with Crippen molar-refractivity contribution in [1.29, 1.82) is 0 Å². The minimum atomic E-state index is -0.799. The lowest BCUT2D eigenvalue weighted by Crippen LogP contribution is -2.21. The monoisotopic (exact) mass is 379 g/mol. The summed E-state index contributed by atoms with van der Waals surface area (Å²) in [5, 5.41) is 12.3. The average molecular weight is 380 g/mol. The molecule has 2 rings (SSSR count). The minimum absolute atomic E-state index is 0.0421. The summed E-state index contributed by atoms with van der Waals surface area (Å²) in [7, 11) is 1.44. The molecule has 120 valence electrons. The molecule has 0 fully saturated rings. The summed E-state index contributed by atoms with van der Waals surface area (Å²) in [4.78, 5) is 23.7. The van der Waals surface area contributed by atoms with Crippen molar-refractivity contribution in [2.45, 2.75) is 0 Å². The number of hydrogen-bond donors (Lipinski definition) is 2. The van der Waals surface area contributed by atoms with E-state index in [1.54, 1.807) is 18.2 Å². The van der Waals surface area contributed by atoms with E-state index >= 15 is 0 Å². The Labute approximate surface area is 141 Å². The fourth-order valence-electron chi connectivity index (χ4n) is 1.77. The number of para-hydroxylation sites is 1. The molecule has 7 heteroatoms. The van der Waals surface area contributed by atoms with Crippen LogP contribution in [0, 0.1) is 0 Å². The maximum absolute atomic E-state index is 11.9. The first kappa shape index (κ1) is 16.8. The number of anilines is 1. The van der Waals surface area contributed by atoms with E-state index in [0.29, 0.717) is 15.9 Å². The number of phenols is 1. The second-order valence-electron chi connectivity index (χ2n) is 4.49. The molecule has 0 saturated heterocycles. The van der Waals surface area contributed by atoms with Crippen LogP contribution in [0.5, 0.6) is 11.5 Å². The first-order valence-electron chi connectivity index (χ1n) is 6.59. The molecule has 2 aromatic carbocycles. The maximum Gasteiger partial charge on any atom is 0.342 e. The van der Waals surface area contributed by atoms with Crippen molar-refractivity contribution in [2.24, 2.45) is 0 Å². The second-order valence-corrected chi connectivity index (χ2v) is 5.34. The van der Waals surface area contributed by atoms with Crippen LogP contribution in [-0.4, -0.2) is 30.7 Å². The summed E-state index contributed by atoms with van der Waals surface area (Å²) in [6.45, 7) is -0.467. The summed E-state index contributed by atoms with van der Waals surface area (Å²) in [5.74, 6) is -1.16. The van der Waals surface area contributed by atoms with Gasteiger partial charge >= 0.3 is 5.97 Å². The first-order valence-corrected chi connectivity index (χ1v) is 7.39. The van der Waals surface area contributed by atoms with Gasteiger partial charge in [0.2, 0.25) is 0 Å². The number of halogens is 1. The summed E-state index contributed by atoms with van der Waals surface area (Å²) < 4.78 is 10.5. The quantitative estimate of drug-likeness (QED) is 0.780. The molecule has 0 spiro atoms. The van der Waals surface area contributed by atoms with Gasteiger partial charge in [0.15, 0.2) is 6.61 Å². The number of aromatic hydroxyl groups is 1. The number of phenolic OH excluding ortho intramolecular Hbond substituents is 1. The highest BCUT2D eigenvalue weighted by atomic mass is 79.9. The van der Waals surface area contributed by atoms with Crippen LogP contribution >= 0.6 is 15.9 Å². The number of hydrogen-bond acceptors (Lipinski definition) is 5. The van der Waals surface area contributed by atoms with Crippen molar-refractivity contribution in [3.8, 4) is 11.5 Å². The highest BCUT2D eigenvalue weighted by molar-refractivity contribution is 9.10. The predicted molar refractivity (Wildman–Crippen MR) is 87.7 cm³/mol. The summed E-state index contributed by atoms with van der Waals surface area (Å²) in [6.07, 6.45) is 0. The molecule has 2 aromatic rings. The van der Waals surface area contributed by atoms with E-state index in [1.165, 1.54) is 25.3 Å². The van der Waals surface area contributed by atoms with E-state index in [2.05, 4.69) is 21.2 Å². The molecule has 0 saturated carbocycles. The van der Waals surface area contributed by atoms with Gasteiger partial charge in [0.05, 0.1) is 12.8 Å². The molecule has 6 nitrogen and oxygen atoms in total. The van der Waals surface area contributed by atoms with Crippen LogP contribution in [0.15, 0.2) is 46.9 Å². The molecule has 0 radical (unpaired) electrons. The third-order valence-electron chi connectivity index (χ3n) is 2.91. The van der Waals surface area contributed by atoms with Gasteiger partial charge in [0.1, 0.15) is 17.1 Å². The second kappa shape index (κ2) is 7.64. The molecule has 0 aliphatic carbocycles. The number of methoxy groups -OCH3 is 1. The Bertz CT molecular complexity index is 732. The molecule has 0 aliphatic rings. The normalized spacial score (nSPS) is 10.0. The molecule has 1 amide bonds. The Kier molecular flexibility index (Phi) is 5.59. The molecule has 0 aromatic heterocycles. The number of benzene rings is 2. The van der Waals surface area contributed by atoms with Gasteiger partial charge < -0.3 is 19.9 Å². The third-order valence-corrected chi connectivity index (χ3v) is 3.60. The number of esters is 1. The van der Waals surface area contributed by atoms with Crippen molar-refractivity contribution in [3.05, 3.63) is 52.5 Å². The number of amides is 1. The Morgan fingerprint density at radius 3 is 2.61 bits per heavy atom. The lowest BCUT2D eigenvalue weighted by Gasteiger charge is -2.09. The van der Waals surface area contributed by atoms with Gasteiger partial charge in [-0.2, -0.15) is 0 Å². The largest absolute Gasteiger partial charge is 0.507 e. The molecule has 0 atom stereocenters. The molecule has 0 bridgehead atoms. The number of carbonyl (C=O) groups is 2. The zero-order chi connectivity index (χ0) is 16.8. The number of nitrogens with one attached hydrogen (secondary N) is 1. The fraction of sp³-hybridized carbons (Fsp3) is 0.125. The summed E-state index contributed by atoms with van der Waals surface area (Å²) in [5.41, 5.74) is 0.528. The van der Waals surface area contributed by atoms with Crippen molar-refractivity contribution in [3.63, 3.8) is 0 Å².